The summed E-state index contributed by atoms with van der Waals surface area (Å²) in [5.74, 6) is 0. The highest BCUT2D eigenvalue weighted by Crippen LogP contribution is 2.26. The van der Waals surface area contributed by atoms with E-state index in [0.29, 0.717) is 0 Å². The van der Waals surface area contributed by atoms with Gasteiger partial charge in [0, 0.05) is 17.0 Å². The number of rotatable bonds is 1. The van der Waals surface area contributed by atoms with Crippen molar-refractivity contribution in [3.05, 3.63) is 54.0 Å². The van der Waals surface area contributed by atoms with Crippen molar-refractivity contribution in [1.82, 2.24) is 4.79 Å². The maximum Gasteiger partial charge on any atom is 0.469 e. The molecule has 0 bridgehead atoms. The number of furan rings is 1. The van der Waals surface area contributed by atoms with Gasteiger partial charge in [-0.05, 0) is 25.9 Å². The standard InChI is InChI=1S/C16H17BN3O/c1-12-11-14-13-7-4-5-8-15(13)21-16(14)17(2)20(12)19-10-6-9-18(19)3/h4-11H,1-3H3/q+1. The Morgan fingerprint density at radius 1 is 1.19 bits per heavy atom. The molecule has 0 fully saturated rings. The minimum atomic E-state index is 0.149. The van der Waals surface area contributed by atoms with Gasteiger partial charge in [-0.15, -0.1) is 0 Å². The molecule has 3 aromatic rings. The fourth-order valence-corrected chi connectivity index (χ4v) is 3.21. The molecule has 2 aromatic heterocycles. The molecule has 21 heavy (non-hydrogen) atoms. The molecule has 0 atom stereocenters. The zero-order valence-corrected chi connectivity index (χ0v) is 12.4. The topological polar surface area (TPSA) is 25.2 Å². The first-order valence-corrected chi connectivity index (χ1v) is 7.19. The Kier molecular flexibility index (Phi) is 2.51. The predicted molar refractivity (Wildman–Crippen MR) is 84.9 cm³/mol. The smallest absolute Gasteiger partial charge is 0.465 e. The summed E-state index contributed by atoms with van der Waals surface area (Å²) < 4.78 is 8.17. The summed E-state index contributed by atoms with van der Waals surface area (Å²) in [5.41, 5.74) is 4.39. The van der Waals surface area contributed by atoms with Gasteiger partial charge in [0.15, 0.2) is 0 Å². The van der Waals surface area contributed by atoms with E-state index >= 15 is 0 Å². The van der Waals surface area contributed by atoms with E-state index in [1.807, 2.05) is 31.4 Å². The van der Waals surface area contributed by atoms with Crippen LogP contribution in [0.2, 0.25) is 6.82 Å². The van der Waals surface area contributed by atoms with Crippen LogP contribution in [0.5, 0.6) is 0 Å². The third kappa shape index (κ3) is 1.67. The monoisotopic (exact) mass is 278 g/mol. The number of allylic oxidation sites excluding steroid dienone is 1. The van der Waals surface area contributed by atoms with Crippen molar-refractivity contribution in [1.29, 1.82) is 0 Å². The molecular formula is C16H17BN3O+. The molecule has 1 aliphatic heterocycles. The van der Waals surface area contributed by atoms with Crippen molar-refractivity contribution >= 4 is 29.6 Å². The van der Waals surface area contributed by atoms with Crippen LogP contribution in [-0.4, -0.2) is 11.6 Å². The van der Waals surface area contributed by atoms with Crippen LogP contribution in [0, 0.1) is 0 Å². The third-order valence-corrected chi connectivity index (χ3v) is 4.19. The third-order valence-electron chi connectivity index (χ3n) is 4.19. The van der Waals surface area contributed by atoms with Gasteiger partial charge in [0.1, 0.15) is 30.2 Å². The van der Waals surface area contributed by atoms with E-state index < -0.39 is 0 Å². The van der Waals surface area contributed by atoms with Gasteiger partial charge in [0.25, 0.3) is 0 Å². The Morgan fingerprint density at radius 3 is 2.76 bits per heavy atom. The summed E-state index contributed by atoms with van der Waals surface area (Å²) in [5, 5.41) is 1.19. The number of hydrogen-bond acceptors (Lipinski definition) is 2. The van der Waals surface area contributed by atoms with Crippen LogP contribution < -0.4 is 15.3 Å². The summed E-state index contributed by atoms with van der Waals surface area (Å²) in [6, 6.07) is 10.3. The lowest BCUT2D eigenvalue weighted by molar-refractivity contribution is -0.751. The Bertz CT molecular complexity index is 861. The van der Waals surface area contributed by atoms with Crippen molar-refractivity contribution in [2.75, 3.05) is 4.92 Å². The Labute approximate surface area is 123 Å². The van der Waals surface area contributed by atoms with Gasteiger partial charge in [-0.25, -0.2) is 4.92 Å². The quantitative estimate of drug-likeness (QED) is 0.502. The normalized spacial score (nSPS) is 14.5. The van der Waals surface area contributed by atoms with Crippen molar-refractivity contribution in [2.24, 2.45) is 7.05 Å². The lowest BCUT2D eigenvalue weighted by atomic mass is 9.58. The molecule has 4 nitrogen and oxygen atoms in total. The van der Waals surface area contributed by atoms with Gasteiger partial charge in [0.2, 0.25) is 0 Å². The second kappa shape index (κ2) is 4.28. The van der Waals surface area contributed by atoms with Crippen LogP contribution >= 0.6 is 0 Å². The Balaban J connectivity index is 1.93. The summed E-state index contributed by atoms with van der Waals surface area (Å²) in [6.07, 6.45) is 6.30. The van der Waals surface area contributed by atoms with Gasteiger partial charge in [-0.3, -0.25) is 0 Å². The molecule has 0 saturated heterocycles. The fourth-order valence-electron chi connectivity index (χ4n) is 3.21. The van der Waals surface area contributed by atoms with Crippen molar-refractivity contribution in [3.63, 3.8) is 0 Å². The Morgan fingerprint density at radius 2 is 2.00 bits per heavy atom. The average Bonchev–Trinajstić information content (AvgIpc) is 3.04. The first-order valence-electron chi connectivity index (χ1n) is 7.19. The van der Waals surface area contributed by atoms with Crippen LogP contribution in [0.1, 0.15) is 12.5 Å². The maximum absolute atomic E-state index is 6.11. The molecule has 1 aromatic carbocycles. The van der Waals surface area contributed by atoms with E-state index in [2.05, 4.69) is 52.5 Å². The minimum absolute atomic E-state index is 0.149. The molecule has 0 amide bonds. The molecule has 4 rings (SSSR count). The van der Waals surface area contributed by atoms with Crippen molar-refractivity contribution < 1.29 is 9.10 Å². The molecule has 0 saturated carbocycles. The van der Waals surface area contributed by atoms with E-state index in [-0.39, 0.29) is 6.85 Å². The molecule has 5 heteroatoms. The summed E-state index contributed by atoms with van der Waals surface area (Å²) in [6.45, 7) is 4.47. The SMILES string of the molecule is CB1c2oc3ccccc3c2C=C(C)N1n1ccc[n+]1C. The second-order valence-electron chi connectivity index (χ2n) is 5.57. The van der Waals surface area contributed by atoms with Crippen molar-refractivity contribution in [2.45, 2.75) is 13.7 Å². The second-order valence-corrected chi connectivity index (χ2v) is 5.57. The van der Waals surface area contributed by atoms with Crippen LogP contribution in [-0.2, 0) is 7.05 Å². The van der Waals surface area contributed by atoms with Gasteiger partial charge in [-0.1, -0.05) is 23.0 Å². The highest BCUT2D eigenvalue weighted by molar-refractivity contribution is 6.75. The average molecular weight is 278 g/mol. The van der Waals surface area contributed by atoms with E-state index in [9.17, 15) is 0 Å². The minimum Gasteiger partial charge on any atom is -0.465 e. The summed E-state index contributed by atoms with van der Waals surface area (Å²) in [4.78, 5) is 4.34. The van der Waals surface area contributed by atoms with Crippen LogP contribution in [0.3, 0.4) is 0 Å². The van der Waals surface area contributed by atoms with Crippen LogP contribution in [0.4, 0.5) is 0 Å². The molecule has 0 aliphatic carbocycles. The maximum atomic E-state index is 6.11. The first kappa shape index (κ1) is 12.3. The zero-order chi connectivity index (χ0) is 14.6. The fraction of sp³-hybridized carbons (Fsp3) is 0.188. The highest BCUT2D eigenvalue weighted by atomic mass is 16.3. The molecule has 3 heterocycles. The first-order chi connectivity index (χ1) is 10.2. The molecule has 0 spiro atoms. The molecule has 0 unspecified atom stereocenters. The van der Waals surface area contributed by atoms with Crippen molar-refractivity contribution in [3.8, 4) is 0 Å². The molecule has 104 valence electrons. The van der Waals surface area contributed by atoms with Crippen LogP contribution in [0.25, 0.3) is 17.0 Å². The lowest BCUT2D eigenvalue weighted by Gasteiger charge is -2.25. The van der Waals surface area contributed by atoms with Gasteiger partial charge < -0.3 is 4.42 Å². The molecule has 0 N–H and O–H groups in total. The zero-order valence-electron chi connectivity index (χ0n) is 12.4. The van der Waals surface area contributed by atoms with E-state index in [0.717, 1.165) is 11.2 Å². The largest absolute Gasteiger partial charge is 0.469 e. The lowest BCUT2D eigenvalue weighted by Crippen LogP contribution is -2.60. The molecule has 1 aliphatic rings. The van der Waals surface area contributed by atoms with Crippen LogP contribution in [0.15, 0.2) is 52.8 Å². The highest BCUT2D eigenvalue weighted by Gasteiger charge is 2.40. The number of para-hydroxylation sites is 1. The number of nitrogens with zero attached hydrogens (tertiary/aromatic N) is 3. The Hall–Kier alpha value is -2.43. The number of hydrogen-bond donors (Lipinski definition) is 0. The van der Waals surface area contributed by atoms with Gasteiger partial charge in [0.05, 0.1) is 6.20 Å². The van der Waals surface area contributed by atoms with Gasteiger partial charge in [-0.2, -0.15) is 4.68 Å². The van der Waals surface area contributed by atoms with E-state index in [1.165, 1.54) is 16.6 Å². The number of fused-ring (bicyclic) bond motifs is 3. The number of aryl methyl sites for hydroxylation is 1. The van der Waals surface area contributed by atoms with Gasteiger partial charge >= 0.3 is 6.85 Å². The number of benzene rings is 1. The molecule has 0 radical (unpaired) electrons. The number of aromatic nitrogens is 2. The van der Waals surface area contributed by atoms with E-state index in [1.54, 1.807) is 0 Å². The summed E-state index contributed by atoms with van der Waals surface area (Å²) >= 11 is 0. The summed E-state index contributed by atoms with van der Waals surface area (Å²) in [7, 11) is 2.04. The van der Waals surface area contributed by atoms with E-state index in [4.69, 9.17) is 4.42 Å². The predicted octanol–water partition coefficient (Wildman–Crippen LogP) is 1.90. The molecular weight excluding hydrogens is 261 g/mol.